The van der Waals surface area contributed by atoms with E-state index in [1.54, 1.807) is 0 Å². The maximum Gasteiger partial charge on any atom is 0.105 e. The van der Waals surface area contributed by atoms with E-state index < -0.39 is 0 Å². The van der Waals surface area contributed by atoms with Gasteiger partial charge in [-0.3, -0.25) is 0 Å². The van der Waals surface area contributed by atoms with Gasteiger partial charge in [0.1, 0.15) is 12.2 Å². The van der Waals surface area contributed by atoms with E-state index in [0.717, 1.165) is 39.1 Å². The van der Waals surface area contributed by atoms with Crippen LogP contribution in [-0.4, -0.2) is 103 Å². The van der Waals surface area contributed by atoms with Crippen LogP contribution in [0.5, 0.6) is 0 Å². The third kappa shape index (κ3) is 16.3. The lowest BCUT2D eigenvalue weighted by atomic mass is 10.3. The lowest BCUT2D eigenvalue weighted by Crippen LogP contribution is -2.38. The molecule has 1 saturated heterocycles. The minimum atomic E-state index is -0.169. The number of ether oxygens (including phenoxy) is 8. The molecular formula is C24H48O8. The summed E-state index contributed by atoms with van der Waals surface area (Å²) in [6.07, 6.45) is 2.81. The molecule has 0 N–H and O–H groups in total. The van der Waals surface area contributed by atoms with Gasteiger partial charge < -0.3 is 37.9 Å². The molecule has 1 rings (SSSR count). The lowest BCUT2D eigenvalue weighted by molar-refractivity contribution is -0.160. The molecule has 0 radical (unpaired) electrons. The molecule has 0 aromatic heterocycles. The minimum Gasteiger partial charge on any atom is -0.381 e. The van der Waals surface area contributed by atoms with Gasteiger partial charge in [-0.05, 0) is 40.0 Å². The molecule has 1 aliphatic heterocycles. The molecular weight excluding hydrogens is 416 g/mol. The van der Waals surface area contributed by atoms with Crippen molar-refractivity contribution in [2.24, 2.45) is 0 Å². The summed E-state index contributed by atoms with van der Waals surface area (Å²) in [6.45, 7) is 16.8. The first-order chi connectivity index (χ1) is 15.5. The summed E-state index contributed by atoms with van der Waals surface area (Å²) in [4.78, 5) is 0. The third-order valence-electron chi connectivity index (χ3n) is 4.65. The van der Waals surface area contributed by atoms with Gasteiger partial charge in [-0.25, -0.2) is 0 Å². The fraction of sp³-hybridized carbons (Fsp3) is 1.00. The fourth-order valence-corrected chi connectivity index (χ4v) is 3.18. The van der Waals surface area contributed by atoms with E-state index in [1.165, 1.54) is 0 Å². The smallest absolute Gasteiger partial charge is 0.105 e. The zero-order valence-electron chi connectivity index (χ0n) is 21.1. The van der Waals surface area contributed by atoms with Crippen molar-refractivity contribution < 1.29 is 37.9 Å². The Hall–Kier alpha value is -0.320. The highest BCUT2D eigenvalue weighted by atomic mass is 16.6. The Kier molecular flexibility index (Phi) is 18.7. The van der Waals surface area contributed by atoms with Crippen molar-refractivity contribution in [2.45, 2.75) is 84.4 Å². The van der Waals surface area contributed by atoms with Crippen molar-refractivity contribution in [2.75, 3.05) is 72.7 Å². The van der Waals surface area contributed by atoms with Crippen molar-refractivity contribution in [1.82, 2.24) is 0 Å². The summed E-state index contributed by atoms with van der Waals surface area (Å²) in [6, 6.07) is 0. The maximum absolute atomic E-state index is 6.15. The predicted octanol–water partition coefficient (Wildman–Crippen LogP) is 3.25. The molecule has 0 saturated carbocycles. The van der Waals surface area contributed by atoms with Crippen LogP contribution < -0.4 is 0 Å². The second kappa shape index (κ2) is 20.1. The Bertz CT molecular complexity index is 411. The summed E-state index contributed by atoms with van der Waals surface area (Å²) >= 11 is 0. The van der Waals surface area contributed by atoms with Crippen molar-refractivity contribution in [3.8, 4) is 0 Å². The third-order valence-corrected chi connectivity index (χ3v) is 4.65. The largest absolute Gasteiger partial charge is 0.381 e. The molecule has 8 nitrogen and oxygen atoms in total. The van der Waals surface area contributed by atoms with Gasteiger partial charge in [-0.1, -0.05) is 13.8 Å². The normalized spacial score (nSPS) is 22.0. The molecule has 5 unspecified atom stereocenters. The Morgan fingerprint density at radius 3 is 2.25 bits per heavy atom. The monoisotopic (exact) mass is 464 g/mol. The number of hydrogen-bond acceptors (Lipinski definition) is 8. The van der Waals surface area contributed by atoms with Crippen molar-refractivity contribution in [1.29, 1.82) is 0 Å². The highest BCUT2D eigenvalue weighted by Gasteiger charge is 2.21. The lowest BCUT2D eigenvalue weighted by Gasteiger charge is -2.28. The molecule has 0 bridgehead atoms. The standard InChI is InChI=1S/C24H48O8/c1-6-9-25-11-8-12-26-16-23(17-27-13-20(3)30-10-7-2)31-21(4)14-28-18-24-19-29-15-22(5)32-24/h20-24H,6-19H2,1-5H3. The molecule has 1 aliphatic rings. The number of rotatable bonds is 21. The molecule has 5 atom stereocenters. The van der Waals surface area contributed by atoms with E-state index in [-0.39, 0.29) is 30.5 Å². The summed E-state index contributed by atoms with van der Waals surface area (Å²) in [5.41, 5.74) is 0. The highest BCUT2D eigenvalue weighted by Crippen LogP contribution is 2.09. The van der Waals surface area contributed by atoms with E-state index in [1.807, 2.05) is 20.8 Å². The van der Waals surface area contributed by atoms with Crippen LogP contribution >= 0.6 is 0 Å². The topological polar surface area (TPSA) is 73.8 Å². The zero-order chi connectivity index (χ0) is 23.4. The Balaban J connectivity index is 2.28. The van der Waals surface area contributed by atoms with Crippen LogP contribution in [-0.2, 0) is 37.9 Å². The minimum absolute atomic E-state index is 0.0204. The molecule has 8 heteroatoms. The van der Waals surface area contributed by atoms with Crippen LogP contribution in [0.3, 0.4) is 0 Å². The van der Waals surface area contributed by atoms with Gasteiger partial charge in [0.25, 0.3) is 0 Å². The molecule has 1 fully saturated rings. The van der Waals surface area contributed by atoms with Crippen LogP contribution in [0.25, 0.3) is 0 Å². The molecule has 0 spiro atoms. The first-order valence-corrected chi connectivity index (χ1v) is 12.4. The van der Waals surface area contributed by atoms with Gasteiger partial charge in [0.05, 0.1) is 64.6 Å². The average molecular weight is 465 g/mol. The van der Waals surface area contributed by atoms with Crippen LogP contribution in [0, 0.1) is 0 Å². The molecule has 0 aliphatic carbocycles. The van der Waals surface area contributed by atoms with Crippen LogP contribution in [0.2, 0.25) is 0 Å². The van der Waals surface area contributed by atoms with E-state index in [0.29, 0.717) is 52.9 Å². The highest BCUT2D eigenvalue weighted by molar-refractivity contribution is 4.66. The molecule has 0 aromatic carbocycles. The average Bonchev–Trinajstić information content (AvgIpc) is 2.77. The number of hydrogen-bond donors (Lipinski definition) is 0. The predicted molar refractivity (Wildman–Crippen MR) is 123 cm³/mol. The summed E-state index contributed by atoms with van der Waals surface area (Å²) in [7, 11) is 0. The van der Waals surface area contributed by atoms with Gasteiger partial charge in [0.2, 0.25) is 0 Å². The summed E-state index contributed by atoms with van der Waals surface area (Å²) in [5, 5.41) is 0. The molecule has 32 heavy (non-hydrogen) atoms. The summed E-state index contributed by atoms with van der Waals surface area (Å²) < 4.78 is 46.1. The van der Waals surface area contributed by atoms with Gasteiger partial charge in [0.15, 0.2) is 0 Å². The Labute approximate surface area is 195 Å². The van der Waals surface area contributed by atoms with Crippen molar-refractivity contribution in [3.63, 3.8) is 0 Å². The SMILES string of the molecule is CCCOCCCOCC(COCC(C)OCCC)OC(C)COCC1COCC(C)O1. The van der Waals surface area contributed by atoms with Crippen LogP contribution in [0.4, 0.5) is 0 Å². The van der Waals surface area contributed by atoms with E-state index >= 15 is 0 Å². The van der Waals surface area contributed by atoms with E-state index in [2.05, 4.69) is 13.8 Å². The molecule has 192 valence electrons. The van der Waals surface area contributed by atoms with Gasteiger partial charge >= 0.3 is 0 Å². The Morgan fingerprint density at radius 2 is 1.50 bits per heavy atom. The van der Waals surface area contributed by atoms with Gasteiger partial charge in [-0.2, -0.15) is 0 Å². The quantitative estimate of drug-likeness (QED) is 0.240. The first-order valence-electron chi connectivity index (χ1n) is 12.4. The molecule has 1 heterocycles. The molecule has 0 aromatic rings. The summed E-state index contributed by atoms with van der Waals surface area (Å²) in [5.74, 6) is 0. The first kappa shape index (κ1) is 29.7. The maximum atomic E-state index is 6.15. The molecule has 0 amide bonds. The zero-order valence-corrected chi connectivity index (χ0v) is 21.1. The van der Waals surface area contributed by atoms with Gasteiger partial charge in [0, 0.05) is 26.4 Å². The van der Waals surface area contributed by atoms with Crippen LogP contribution in [0.1, 0.15) is 53.9 Å². The van der Waals surface area contributed by atoms with Gasteiger partial charge in [-0.15, -0.1) is 0 Å². The van der Waals surface area contributed by atoms with Crippen molar-refractivity contribution in [3.05, 3.63) is 0 Å². The van der Waals surface area contributed by atoms with Crippen molar-refractivity contribution >= 4 is 0 Å². The fourth-order valence-electron chi connectivity index (χ4n) is 3.18. The van der Waals surface area contributed by atoms with Crippen LogP contribution in [0.15, 0.2) is 0 Å². The van der Waals surface area contributed by atoms with E-state index in [4.69, 9.17) is 37.9 Å². The Morgan fingerprint density at radius 1 is 0.781 bits per heavy atom. The second-order valence-corrected chi connectivity index (χ2v) is 8.47. The van der Waals surface area contributed by atoms with E-state index in [9.17, 15) is 0 Å². The second-order valence-electron chi connectivity index (χ2n) is 8.47.